The molecule has 0 aliphatic carbocycles. The fourth-order valence-electron chi connectivity index (χ4n) is 2.97. The van der Waals surface area contributed by atoms with E-state index in [0.717, 1.165) is 22.7 Å². The summed E-state index contributed by atoms with van der Waals surface area (Å²) in [5.74, 6) is -2.31. The zero-order chi connectivity index (χ0) is 19.0. The molecule has 0 aliphatic heterocycles. The number of carbonyl (C=O) groups excluding carboxylic acids is 1. The second-order valence-corrected chi connectivity index (χ2v) is 6.39. The minimum Gasteiger partial charge on any atom is -0.481 e. The summed E-state index contributed by atoms with van der Waals surface area (Å²) in [5, 5.41) is 12.3. The Balaban J connectivity index is 1.98. The molecule has 0 atom stereocenters. The average Bonchev–Trinajstić information content (AvgIpc) is 2.83. The number of nitrogens with one attached hydrogen (secondary N) is 1. The van der Waals surface area contributed by atoms with Crippen LogP contribution in [0.4, 0.5) is 10.1 Å². The van der Waals surface area contributed by atoms with Crippen LogP contribution in [0.25, 0.3) is 10.9 Å². The standard InChI is InChI=1S/C19H16ClFN2O3/c1-10-18(12-5-3-4-6-16(12)23(10)2)19(26)22-15-9-14(21)11(7-13(15)20)8-17(24)25/h3-7,9H,8H2,1-2H3,(H,22,26)(H,24,25). The lowest BCUT2D eigenvalue weighted by Crippen LogP contribution is -2.14. The number of benzene rings is 2. The Morgan fingerprint density at radius 3 is 2.65 bits per heavy atom. The van der Waals surface area contributed by atoms with Gasteiger partial charge in [-0.2, -0.15) is 0 Å². The Morgan fingerprint density at radius 1 is 1.27 bits per heavy atom. The molecular weight excluding hydrogens is 359 g/mol. The molecule has 2 aromatic carbocycles. The molecule has 0 aliphatic rings. The van der Waals surface area contributed by atoms with Gasteiger partial charge in [0.2, 0.25) is 0 Å². The maximum Gasteiger partial charge on any atom is 0.307 e. The second kappa shape index (κ2) is 6.80. The van der Waals surface area contributed by atoms with Gasteiger partial charge < -0.3 is 15.0 Å². The molecule has 0 saturated heterocycles. The number of nitrogens with zero attached hydrogens (tertiary/aromatic N) is 1. The third kappa shape index (κ3) is 3.15. The van der Waals surface area contributed by atoms with Crippen LogP contribution in [-0.2, 0) is 18.3 Å². The average molecular weight is 375 g/mol. The van der Waals surface area contributed by atoms with Gasteiger partial charge in [-0.15, -0.1) is 0 Å². The van der Waals surface area contributed by atoms with Crippen LogP contribution >= 0.6 is 11.6 Å². The first-order valence-corrected chi connectivity index (χ1v) is 8.22. The van der Waals surface area contributed by atoms with Crippen LogP contribution in [0.15, 0.2) is 36.4 Å². The van der Waals surface area contributed by atoms with Crippen LogP contribution in [0.3, 0.4) is 0 Å². The number of halogens is 2. The van der Waals surface area contributed by atoms with E-state index in [4.69, 9.17) is 16.7 Å². The Hall–Kier alpha value is -2.86. The molecule has 2 N–H and O–H groups in total. The third-order valence-electron chi connectivity index (χ3n) is 4.35. The minimum atomic E-state index is -1.16. The highest BCUT2D eigenvalue weighted by Crippen LogP contribution is 2.29. The maximum absolute atomic E-state index is 14.1. The van der Waals surface area contributed by atoms with Crippen molar-refractivity contribution >= 4 is 40.1 Å². The first-order valence-electron chi connectivity index (χ1n) is 7.84. The molecule has 0 spiro atoms. The van der Waals surface area contributed by atoms with E-state index in [1.807, 2.05) is 42.8 Å². The van der Waals surface area contributed by atoms with Crippen molar-refractivity contribution in [2.45, 2.75) is 13.3 Å². The summed E-state index contributed by atoms with van der Waals surface area (Å²) in [6.07, 6.45) is -0.484. The molecule has 0 bridgehead atoms. The topological polar surface area (TPSA) is 71.3 Å². The number of carboxylic acid groups (broad SMARTS) is 1. The number of carbonyl (C=O) groups is 2. The van der Waals surface area contributed by atoms with Crippen LogP contribution in [-0.4, -0.2) is 21.6 Å². The van der Waals surface area contributed by atoms with Gasteiger partial charge in [0.05, 0.1) is 22.7 Å². The predicted octanol–water partition coefficient (Wildman–Crippen LogP) is 4.16. The van der Waals surface area contributed by atoms with Gasteiger partial charge in [0.1, 0.15) is 5.82 Å². The lowest BCUT2D eigenvalue weighted by molar-refractivity contribution is -0.136. The number of anilines is 1. The van der Waals surface area contributed by atoms with Crippen LogP contribution in [0.5, 0.6) is 0 Å². The highest BCUT2D eigenvalue weighted by Gasteiger charge is 2.20. The summed E-state index contributed by atoms with van der Waals surface area (Å²) in [6, 6.07) is 9.74. The van der Waals surface area contributed by atoms with Gasteiger partial charge in [0, 0.05) is 29.2 Å². The van der Waals surface area contributed by atoms with E-state index >= 15 is 0 Å². The first kappa shape index (κ1) is 17.9. The maximum atomic E-state index is 14.1. The van der Waals surface area contributed by atoms with E-state index < -0.39 is 24.1 Å². The summed E-state index contributed by atoms with van der Waals surface area (Å²) >= 11 is 6.10. The fraction of sp³-hybridized carbons (Fsp3) is 0.158. The van der Waals surface area contributed by atoms with Gasteiger partial charge in [0.25, 0.3) is 5.91 Å². The Kier molecular flexibility index (Phi) is 4.70. The van der Waals surface area contributed by atoms with Crippen molar-refractivity contribution in [1.29, 1.82) is 0 Å². The molecule has 0 saturated carbocycles. The summed E-state index contributed by atoms with van der Waals surface area (Å²) in [6.45, 7) is 1.83. The van der Waals surface area contributed by atoms with Gasteiger partial charge >= 0.3 is 5.97 Å². The smallest absolute Gasteiger partial charge is 0.307 e. The SMILES string of the molecule is Cc1c(C(=O)Nc2cc(F)c(CC(=O)O)cc2Cl)c2ccccc2n1C. The molecule has 0 fully saturated rings. The highest BCUT2D eigenvalue weighted by molar-refractivity contribution is 6.34. The molecule has 26 heavy (non-hydrogen) atoms. The number of hydrogen-bond donors (Lipinski definition) is 2. The van der Waals surface area contributed by atoms with Crippen molar-refractivity contribution in [3.8, 4) is 0 Å². The lowest BCUT2D eigenvalue weighted by Gasteiger charge is -2.10. The van der Waals surface area contributed by atoms with Crippen molar-refractivity contribution in [3.63, 3.8) is 0 Å². The van der Waals surface area contributed by atoms with Gasteiger partial charge in [-0.05, 0) is 25.1 Å². The fourth-order valence-corrected chi connectivity index (χ4v) is 3.21. The molecule has 1 heterocycles. The first-order chi connectivity index (χ1) is 12.3. The molecular formula is C19H16ClFN2O3. The molecule has 0 unspecified atom stereocenters. The second-order valence-electron chi connectivity index (χ2n) is 5.98. The Bertz CT molecular complexity index is 1040. The number of carboxylic acids is 1. The van der Waals surface area contributed by atoms with Crippen LogP contribution in [0, 0.1) is 12.7 Å². The van der Waals surface area contributed by atoms with Crippen molar-refractivity contribution in [3.05, 3.63) is 64.1 Å². The summed E-state index contributed by atoms with van der Waals surface area (Å²) in [4.78, 5) is 23.6. The molecule has 3 rings (SSSR count). The summed E-state index contributed by atoms with van der Waals surface area (Å²) in [7, 11) is 1.86. The number of aromatic nitrogens is 1. The monoisotopic (exact) mass is 374 g/mol. The molecule has 3 aromatic rings. The van der Waals surface area contributed by atoms with Crippen LogP contribution in [0.1, 0.15) is 21.6 Å². The zero-order valence-electron chi connectivity index (χ0n) is 14.1. The van der Waals surface area contributed by atoms with Gasteiger partial charge in [0.15, 0.2) is 0 Å². The molecule has 5 nitrogen and oxygen atoms in total. The van der Waals surface area contributed by atoms with E-state index in [0.29, 0.717) is 5.56 Å². The Morgan fingerprint density at radius 2 is 1.96 bits per heavy atom. The number of amides is 1. The van der Waals surface area contributed by atoms with Gasteiger partial charge in [-0.1, -0.05) is 29.8 Å². The van der Waals surface area contributed by atoms with Crippen molar-refractivity contribution in [2.24, 2.45) is 7.05 Å². The van der Waals surface area contributed by atoms with Crippen molar-refractivity contribution in [1.82, 2.24) is 4.57 Å². The Labute approximate surface area is 154 Å². The lowest BCUT2D eigenvalue weighted by atomic mass is 10.1. The molecule has 1 amide bonds. The number of rotatable bonds is 4. The van der Waals surface area contributed by atoms with Crippen LogP contribution < -0.4 is 5.32 Å². The predicted molar refractivity (Wildman–Crippen MR) is 98.4 cm³/mol. The zero-order valence-corrected chi connectivity index (χ0v) is 14.9. The highest BCUT2D eigenvalue weighted by atomic mass is 35.5. The number of fused-ring (bicyclic) bond motifs is 1. The summed E-state index contributed by atoms with van der Waals surface area (Å²) < 4.78 is 16.0. The number of aryl methyl sites for hydroxylation is 1. The third-order valence-corrected chi connectivity index (χ3v) is 4.67. The molecule has 134 valence electrons. The quantitative estimate of drug-likeness (QED) is 0.720. The molecule has 7 heteroatoms. The summed E-state index contributed by atoms with van der Waals surface area (Å²) in [5.41, 5.74) is 2.21. The molecule has 1 aromatic heterocycles. The number of aliphatic carboxylic acids is 1. The normalized spacial score (nSPS) is 10.9. The van der Waals surface area contributed by atoms with E-state index in [2.05, 4.69) is 5.32 Å². The van der Waals surface area contributed by atoms with Crippen molar-refractivity contribution < 1.29 is 19.1 Å². The number of hydrogen-bond acceptors (Lipinski definition) is 2. The van der Waals surface area contributed by atoms with Gasteiger partial charge in [-0.3, -0.25) is 9.59 Å². The van der Waals surface area contributed by atoms with E-state index in [9.17, 15) is 14.0 Å². The minimum absolute atomic E-state index is 0.0400. The van der Waals surface area contributed by atoms with Crippen LogP contribution in [0.2, 0.25) is 5.02 Å². The van der Waals surface area contributed by atoms with E-state index in [1.165, 1.54) is 6.07 Å². The van der Waals surface area contributed by atoms with E-state index in [-0.39, 0.29) is 16.3 Å². The van der Waals surface area contributed by atoms with Gasteiger partial charge in [-0.25, -0.2) is 4.39 Å². The number of para-hydroxylation sites is 1. The molecule has 0 radical (unpaired) electrons. The van der Waals surface area contributed by atoms with Crippen molar-refractivity contribution in [2.75, 3.05) is 5.32 Å². The largest absolute Gasteiger partial charge is 0.481 e. The van der Waals surface area contributed by atoms with E-state index in [1.54, 1.807) is 0 Å².